The fourth-order valence-corrected chi connectivity index (χ4v) is 5.45. The maximum Gasteiger partial charge on any atom is 0.416 e. The molecule has 0 saturated carbocycles. The third kappa shape index (κ3) is 6.65. The van der Waals surface area contributed by atoms with Crippen LogP contribution in [0.1, 0.15) is 48.3 Å². The summed E-state index contributed by atoms with van der Waals surface area (Å²) in [6.45, 7) is 5.74. The number of alkyl halides is 3. The van der Waals surface area contributed by atoms with Gasteiger partial charge in [0.05, 0.1) is 41.8 Å². The molecule has 4 heterocycles. The van der Waals surface area contributed by atoms with Crippen molar-refractivity contribution in [3.8, 4) is 17.1 Å². The molecule has 0 unspecified atom stereocenters. The topological polar surface area (TPSA) is 88.6 Å². The first-order valence-corrected chi connectivity index (χ1v) is 14.0. The van der Waals surface area contributed by atoms with Crippen molar-refractivity contribution < 1.29 is 31.8 Å². The maximum atomic E-state index is 13.6. The molecule has 5 rings (SSSR count). The number of benzene rings is 1. The summed E-state index contributed by atoms with van der Waals surface area (Å²) in [7, 11) is 0. The molecule has 3 aromatic rings. The molecule has 2 fully saturated rings. The molecular formula is C30H33F4N5O3. The minimum Gasteiger partial charge on any atom is -0.477 e. The van der Waals surface area contributed by atoms with Gasteiger partial charge in [0.2, 0.25) is 5.88 Å². The minimum absolute atomic E-state index is 0.0289. The third-order valence-corrected chi connectivity index (χ3v) is 7.51. The van der Waals surface area contributed by atoms with Crippen molar-refractivity contribution in [1.29, 1.82) is 0 Å². The summed E-state index contributed by atoms with van der Waals surface area (Å²) in [6, 6.07) is 9.70. The molecular weight excluding hydrogens is 554 g/mol. The number of pyridine rings is 2. The van der Waals surface area contributed by atoms with Crippen LogP contribution in [0.15, 0.2) is 48.7 Å². The van der Waals surface area contributed by atoms with Crippen LogP contribution in [0.5, 0.6) is 5.88 Å². The van der Waals surface area contributed by atoms with Crippen LogP contribution in [-0.2, 0) is 17.5 Å². The minimum atomic E-state index is -4.70. The van der Waals surface area contributed by atoms with Crippen LogP contribution in [0.25, 0.3) is 11.3 Å². The van der Waals surface area contributed by atoms with Crippen molar-refractivity contribution >= 4 is 11.6 Å². The fraction of sp³-hybridized carbons (Fsp3) is 0.433. The second-order valence-electron chi connectivity index (χ2n) is 10.5. The number of anilines is 1. The molecule has 0 radical (unpaired) electrons. The van der Waals surface area contributed by atoms with E-state index in [1.807, 2.05) is 30.9 Å². The van der Waals surface area contributed by atoms with Gasteiger partial charge in [0.25, 0.3) is 5.91 Å². The molecule has 12 heteroatoms. The van der Waals surface area contributed by atoms with Crippen molar-refractivity contribution in [1.82, 2.24) is 20.6 Å². The number of aromatic nitrogens is 2. The predicted molar refractivity (Wildman–Crippen MR) is 149 cm³/mol. The molecule has 1 aromatic carbocycles. The van der Waals surface area contributed by atoms with Gasteiger partial charge in [0.1, 0.15) is 5.82 Å². The van der Waals surface area contributed by atoms with Gasteiger partial charge in [-0.05, 0) is 75.2 Å². The first kappa shape index (κ1) is 29.7. The molecule has 2 saturated heterocycles. The van der Waals surface area contributed by atoms with Gasteiger partial charge in [-0.3, -0.25) is 4.79 Å². The Morgan fingerprint density at radius 2 is 2.05 bits per heavy atom. The highest BCUT2D eigenvalue weighted by Gasteiger charge is 2.36. The lowest BCUT2D eigenvalue weighted by molar-refractivity contribution is -0.139. The van der Waals surface area contributed by atoms with E-state index < -0.39 is 23.7 Å². The first-order valence-electron chi connectivity index (χ1n) is 14.0. The second-order valence-corrected chi connectivity index (χ2v) is 10.5. The molecule has 8 nitrogen and oxygen atoms in total. The van der Waals surface area contributed by atoms with E-state index >= 15 is 0 Å². The Morgan fingerprint density at radius 1 is 1.21 bits per heavy atom. The number of carbonyl (C=O) groups excluding carboxylic acids is 1. The molecule has 224 valence electrons. The Kier molecular flexibility index (Phi) is 8.93. The Balaban J connectivity index is 1.40. The number of ether oxygens (including phenoxy) is 2. The smallest absolute Gasteiger partial charge is 0.416 e. The SMILES string of the molecule is CCOc1ncccc1-c1ccc(N2C[C@@H](OCc3ccc(F)cc3C(F)(F)F)C[C@H]2C)c(C(=O)N[C@@H]2CCNC2)n1. The van der Waals surface area contributed by atoms with Crippen LogP contribution in [0.3, 0.4) is 0 Å². The second kappa shape index (κ2) is 12.6. The normalized spacial score (nSPS) is 20.6. The molecule has 0 bridgehead atoms. The molecule has 0 aliphatic carbocycles. The summed E-state index contributed by atoms with van der Waals surface area (Å²) in [5.41, 5.74) is 0.829. The Bertz CT molecular complexity index is 1410. The summed E-state index contributed by atoms with van der Waals surface area (Å²) in [4.78, 5) is 24.7. The van der Waals surface area contributed by atoms with E-state index in [1.54, 1.807) is 18.3 Å². The van der Waals surface area contributed by atoms with Crippen LogP contribution < -0.4 is 20.3 Å². The van der Waals surface area contributed by atoms with E-state index in [4.69, 9.17) is 14.5 Å². The molecule has 0 spiro atoms. The third-order valence-electron chi connectivity index (χ3n) is 7.51. The fourth-order valence-electron chi connectivity index (χ4n) is 5.45. The average Bonchev–Trinajstić information content (AvgIpc) is 3.61. The van der Waals surface area contributed by atoms with Crippen molar-refractivity contribution in [2.75, 3.05) is 31.1 Å². The summed E-state index contributed by atoms with van der Waals surface area (Å²) < 4.78 is 65.5. The van der Waals surface area contributed by atoms with E-state index in [1.165, 1.54) is 0 Å². The lowest BCUT2D eigenvalue weighted by atomic mass is 10.1. The summed E-state index contributed by atoms with van der Waals surface area (Å²) in [5.74, 6) is -0.865. The van der Waals surface area contributed by atoms with Crippen molar-refractivity contribution in [3.63, 3.8) is 0 Å². The number of hydrogen-bond donors (Lipinski definition) is 2. The van der Waals surface area contributed by atoms with Crippen LogP contribution in [0.2, 0.25) is 0 Å². The summed E-state index contributed by atoms with van der Waals surface area (Å²) in [6.07, 6.45) is -2.16. The lowest BCUT2D eigenvalue weighted by Crippen LogP contribution is -2.38. The number of rotatable bonds is 9. The largest absolute Gasteiger partial charge is 0.477 e. The zero-order valence-corrected chi connectivity index (χ0v) is 23.4. The summed E-state index contributed by atoms with van der Waals surface area (Å²) in [5, 5.41) is 6.31. The molecule has 2 aromatic heterocycles. The van der Waals surface area contributed by atoms with Crippen molar-refractivity contribution in [2.45, 2.75) is 57.7 Å². The molecule has 2 aliphatic rings. The zero-order valence-electron chi connectivity index (χ0n) is 23.4. The van der Waals surface area contributed by atoms with Gasteiger partial charge in [0.15, 0.2) is 5.69 Å². The molecule has 2 aliphatic heterocycles. The quantitative estimate of drug-likeness (QED) is 0.342. The highest BCUT2D eigenvalue weighted by Crippen LogP contribution is 2.36. The van der Waals surface area contributed by atoms with Gasteiger partial charge in [-0.25, -0.2) is 14.4 Å². The highest BCUT2D eigenvalue weighted by molar-refractivity contribution is 5.99. The Morgan fingerprint density at radius 3 is 2.79 bits per heavy atom. The van der Waals surface area contributed by atoms with E-state index in [-0.39, 0.29) is 35.9 Å². The predicted octanol–water partition coefficient (Wildman–Crippen LogP) is 4.98. The molecule has 42 heavy (non-hydrogen) atoms. The first-order chi connectivity index (χ1) is 20.1. The Hall–Kier alpha value is -3.77. The van der Waals surface area contributed by atoms with Gasteiger partial charge in [0, 0.05) is 31.4 Å². The Labute approximate surface area is 241 Å². The van der Waals surface area contributed by atoms with Crippen LogP contribution in [-0.4, -0.2) is 60.3 Å². The number of amides is 1. The van der Waals surface area contributed by atoms with Gasteiger partial charge < -0.3 is 25.0 Å². The number of carbonyl (C=O) groups is 1. The monoisotopic (exact) mass is 587 g/mol. The van der Waals surface area contributed by atoms with Crippen LogP contribution in [0.4, 0.5) is 23.2 Å². The summed E-state index contributed by atoms with van der Waals surface area (Å²) >= 11 is 0. The number of nitrogens with zero attached hydrogens (tertiary/aromatic N) is 3. The van der Waals surface area contributed by atoms with Crippen LogP contribution >= 0.6 is 0 Å². The van der Waals surface area contributed by atoms with E-state index in [9.17, 15) is 22.4 Å². The number of nitrogens with one attached hydrogen (secondary N) is 2. The van der Waals surface area contributed by atoms with E-state index in [2.05, 4.69) is 15.6 Å². The van der Waals surface area contributed by atoms with Gasteiger partial charge in [-0.2, -0.15) is 13.2 Å². The highest BCUT2D eigenvalue weighted by atomic mass is 19.4. The van der Waals surface area contributed by atoms with Gasteiger partial charge in [-0.15, -0.1) is 0 Å². The molecule has 1 amide bonds. The van der Waals surface area contributed by atoms with E-state index in [0.717, 1.165) is 25.1 Å². The molecule has 3 atom stereocenters. The van der Waals surface area contributed by atoms with Gasteiger partial charge in [-0.1, -0.05) is 6.07 Å². The van der Waals surface area contributed by atoms with Crippen molar-refractivity contribution in [2.24, 2.45) is 0 Å². The zero-order chi connectivity index (χ0) is 29.9. The number of halogens is 4. The molecule has 2 N–H and O–H groups in total. The maximum absolute atomic E-state index is 13.6. The average molecular weight is 588 g/mol. The standard InChI is InChI=1S/C30H33F4N5O3/c1-3-41-29-23(5-4-11-36-29)25-8-9-26(27(38-25)28(40)37-21-10-12-35-15-21)39-16-22(13-18(39)2)42-17-19-6-7-20(31)14-24(19)30(32,33)34/h4-9,11,14,18,21-22,35H,3,10,12-13,15-17H2,1-2H3,(H,37,40)/t18-,21-,22+/m1/s1. The van der Waals surface area contributed by atoms with Crippen molar-refractivity contribution in [3.05, 3.63) is 71.3 Å². The lowest BCUT2D eigenvalue weighted by Gasteiger charge is -2.26. The van der Waals surface area contributed by atoms with Crippen LogP contribution in [0, 0.1) is 5.82 Å². The van der Waals surface area contributed by atoms with E-state index in [0.29, 0.717) is 55.0 Å². The number of hydrogen-bond acceptors (Lipinski definition) is 7. The van der Waals surface area contributed by atoms with Gasteiger partial charge >= 0.3 is 6.18 Å².